The van der Waals surface area contributed by atoms with Gasteiger partial charge in [0.1, 0.15) is 0 Å². The molecule has 1 saturated carbocycles. The maximum Gasteiger partial charge on any atom is 0.515 e. The predicted octanol–water partition coefficient (Wildman–Crippen LogP) is 4.38. The van der Waals surface area contributed by atoms with Crippen molar-refractivity contribution < 1.29 is 27.5 Å². The van der Waals surface area contributed by atoms with Gasteiger partial charge in [-0.05, 0) is 37.0 Å². The van der Waals surface area contributed by atoms with Gasteiger partial charge in [-0.15, -0.1) is 11.3 Å². The molecule has 1 amide bonds. The van der Waals surface area contributed by atoms with E-state index >= 15 is 0 Å². The largest absolute Gasteiger partial charge is 0.515 e. The van der Waals surface area contributed by atoms with E-state index in [2.05, 4.69) is 10.3 Å². The van der Waals surface area contributed by atoms with Crippen molar-refractivity contribution in [1.29, 1.82) is 0 Å². The van der Waals surface area contributed by atoms with Crippen molar-refractivity contribution in [2.75, 3.05) is 18.2 Å². The van der Waals surface area contributed by atoms with Gasteiger partial charge in [0.25, 0.3) is 0 Å². The van der Waals surface area contributed by atoms with Gasteiger partial charge in [0.05, 0.1) is 22.8 Å². The van der Waals surface area contributed by atoms with Gasteiger partial charge in [0.15, 0.2) is 15.0 Å². The first-order chi connectivity index (χ1) is 14.8. The number of amides is 1. The average molecular weight is 467 g/mol. The molecule has 1 unspecified atom stereocenters. The van der Waals surface area contributed by atoms with Gasteiger partial charge in [-0.25, -0.2) is 13.2 Å². The van der Waals surface area contributed by atoms with E-state index in [-0.39, 0.29) is 23.3 Å². The van der Waals surface area contributed by atoms with Gasteiger partial charge in [0.2, 0.25) is 11.8 Å². The fourth-order valence-corrected chi connectivity index (χ4v) is 4.96. The Hall–Kier alpha value is -2.46. The molecule has 1 N–H and O–H groups in total. The lowest BCUT2D eigenvalue weighted by Crippen LogP contribution is -2.23. The molecule has 1 aromatic heterocycles. The molecule has 31 heavy (non-hydrogen) atoms. The van der Waals surface area contributed by atoms with Crippen LogP contribution in [-0.4, -0.2) is 38.3 Å². The number of hydrogen-bond donors (Lipinski definition) is 1. The summed E-state index contributed by atoms with van der Waals surface area (Å²) in [5.74, 6) is -0.154. The van der Waals surface area contributed by atoms with Gasteiger partial charge >= 0.3 is 6.16 Å². The van der Waals surface area contributed by atoms with E-state index in [0.29, 0.717) is 17.5 Å². The molecule has 0 saturated heterocycles. The number of carbonyl (C=O) groups excluding carboxylic acids is 2. The summed E-state index contributed by atoms with van der Waals surface area (Å²) in [6, 6.07) is 6.47. The Balaban J connectivity index is 1.75. The van der Waals surface area contributed by atoms with Crippen molar-refractivity contribution in [2.45, 2.75) is 49.8 Å². The molecule has 0 spiro atoms. The molecule has 1 heterocycles. The van der Waals surface area contributed by atoms with Gasteiger partial charge in [-0.1, -0.05) is 37.8 Å². The van der Waals surface area contributed by atoms with Crippen molar-refractivity contribution in [3.8, 4) is 5.88 Å². The number of benzene rings is 1. The molecule has 0 radical (unpaired) electrons. The van der Waals surface area contributed by atoms with E-state index in [0.717, 1.165) is 48.8 Å². The van der Waals surface area contributed by atoms with Crippen LogP contribution in [0.15, 0.2) is 34.5 Å². The molecular formula is C21H26N2O6S2. The maximum absolute atomic E-state index is 13.1. The summed E-state index contributed by atoms with van der Waals surface area (Å²) in [4.78, 5) is 28.9. The van der Waals surface area contributed by atoms with E-state index in [1.165, 1.54) is 17.5 Å². The predicted molar refractivity (Wildman–Crippen MR) is 117 cm³/mol. The first-order valence-corrected chi connectivity index (χ1v) is 12.9. The Labute approximate surface area is 185 Å². The fraction of sp³-hybridized carbons (Fsp3) is 0.476. The topological polar surface area (TPSA) is 112 Å². The Morgan fingerprint density at radius 3 is 2.52 bits per heavy atom. The van der Waals surface area contributed by atoms with Crippen LogP contribution >= 0.6 is 11.3 Å². The van der Waals surface area contributed by atoms with Crippen LogP contribution in [0, 0.1) is 5.92 Å². The smallest absolute Gasteiger partial charge is 0.434 e. The van der Waals surface area contributed by atoms with Gasteiger partial charge < -0.3 is 14.8 Å². The first kappa shape index (κ1) is 23.2. The van der Waals surface area contributed by atoms with E-state index in [9.17, 15) is 18.0 Å². The number of rotatable bonds is 8. The van der Waals surface area contributed by atoms with Gasteiger partial charge in [0, 0.05) is 6.26 Å². The van der Waals surface area contributed by atoms with Crippen LogP contribution in [0.25, 0.3) is 0 Å². The number of sulfone groups is 1. The zero-order valence-corrected chi connectivity index (χ0v) is 19.1. The summed E-state index contributed by atoms with van der Waals surface area (Å²) in [5, 5.41) is 4.63. The molecule has 1 atom stereocenters. The van der Waals surface area contributed by atoms with Crippen LogP contribution in [0.1, 0.15) is 50.5 Å². The third-order valence-electron chi connectivity index (χ3n) is 5.23. The molecule has 10 heteroatoms. The maximum atomic E-state index is 13.1. The van der Waals surface area contributed by atoms with Crippen molar-refractivity contribution in [3.63, 3.8) is 0 Å². The number of nitrogens with zero attached hydrogens (tertiary/aromatic N) is 1. The minimum atomic E-state index is -3.31. The lowest BCUT2D eigenvalue weighted by Gasteiger charge is -2.20. The second kappa shape index (κ2) is 10.2. The van der Waals surface area contributed by atoms with Crippen LogP contribution in [0.3, 0.4) is 0 Å². The molecule has 0 aliphatic heterocycles. The molecule has 1 aromatic carbocycles. The molecule has 1 aliphatic carbocycles. The van der Waals surface area contributed by atoms with Crippen molar-refractivity contribution in [1.82, 2.24) is 4.98 Å². The highest BCUT2D eigenvalue weighted by atomic mass is 32.2. The molecule has 0 bridgehead atoms. The standard InChI is InChI=1S/C21H26N2O6S2/c1-3-28-21(25)29-18-13-30-20(22-18)23-19(24)17(12-14-6-4-5-7-14)15-8-10-16(11-9-15)31(2,26)27/h8-11,13-14,17H,3-7,12H2,1-2H3,(H,22,23,24). The fourth-order valence-electron chi connectivity index (χ4n) is 3.71. The highest BCUT2D eigenvalue weighted by Crippen LogP contribution is 2.35. The lowest BCUT2D eigenvalue weighted by atomic mass is 9.87. The SMILES string of the molecule is CCOC(=O)Oc1csc(NC(=O)C(CC2CCCC2)c2ccc(S(C)(=O)=O)cc2)n1. The van der Waals surface area contributed by atoms with Gasteiger partial charge in [-0.3, -0.25) is 4.79 Å². The third kappa shape index (κ3) is 6.51. The molecule has 2 aromatic rings. The van der Waals surface area contributed by atoms with Crippen LogP contribution in [0.2, 0.25) is 0 Å². The van der Waals surface area contributed by atoms with Crippen molar-refractivity contribution >= 4 is 38.4 Å². The highest BCUT2D eigenvalue weighted by molar-refractivity contribution is 7.90. The summed E-state index contributed by atoms with van der Waals surface area (Å²) >= 11 is 1.14. The first-order valence-electron chi connectivity index (χ1n) is 10.2. The van der Waals surface area contributed by atoms with Crippen LogP contribution in [0.4, 0.5) is 9.93 Å². The number of carbonyl (C=O) groups is 2. The molecule has 8 nitrogen and oxygen atoms in total. The van der Waals surface area contributed by atoms with Crippen LogP contribution < -0.4 is 10.1 Å². The molecule has 1 fully saturated rings. The Morgan fingerprint density at radius 1 is 1.23 bits per heavy atom. The molecule has 168 valence electrons. The monoisotopic (exact) mass is 466 g/mol. The third-order valence-corrected chi connectivity index (χ3v) is 7.10. The molecule has 3 rings (SSSR count). The highest BCUT2D eigenvalue weighted by Gasteiger charge is 2.27. The number of aromatic nitrogens is 1. The summed E-state index contributed by atoms with van der Waals surface area (Å²) in [6.07, 6.45) is 5.47. The molecule has 1 aliphatic rings. The number of thiazole rings is 1. The summed E-state index contributed by atoms with van der Waals surface area (Å²) < 4.78 is 33.2. The van der Waals surface area contributed by atoms with E-state index in [1.54, 1.807) is 19.1 Å². The summed E-state index contributed by atoms with van der Waals surface area (Å²) in [7, 11) is -3.31. The number of nitrogens with one attached hydrogen (secondary N) is 1. The Bertz CT molecular complexity index is 1010. The minimum absolute atomic E-state index is 0.0589. The second-order valence-corrected chi connectivity index (χ2v) is 10.4. The van der Waals surface area contributed by atoms with E-state index < -0.39 is 21.9 Å². The van der Waals surface area contributed by atoms with Crippen molar-refractivity contribution in [2.24, 2.45) is 5.92 Å². The zero-order valence-electron chi connectivity index (χ0n) is 17.5. The van der Waals surface area contributed by atoms with E-state index in [1.807, 2.05) is 0 Å². The zero-order chi connectivity index (χ0) is 22.4. The Morgan fingerprint density at radius 2 is 1.90 bits per heavy atom. The quantitative estimate of drug-likeness (QED) is 0.574. The minimum Gasteiger partial charge on any atom is -0.434 e. The number of hydrogen-bond acceptors (Lipinski definition) is 8. The average Bonchev–Trinajstić information content (AvgIpc) is 3.38. The second-order valence-electron chi connectivity index (χ2n) is 7.55. The molecular weight excluding hydrogens is 440 g/mol. The Kier molecular flexibility index (Phi) is 7.66. The number of anilines is 1. The van der Waals surface area contributed by atoms with Crippen LogP contribution in [-0.2, 0) is 19.4 Å². The van der Waals surface area contributed by atoms with Crippen molar-refractivity contribution in [3.05, 3.63) is 35.2 Å². The summed E-state index contributed by atoms with van der Waals surface area (Å²) in [5.41, 5.74) is 0.761. The number of ether oxygens (including phenoxy) is 2. The normalized spacial score (nSPS) is 15.4. The van der Waals surface area contributed by atoms with Gasteiger partial charge in [-0.2, -0.15) is 4.98 Å². The lowest BCUT2D eigenvalue weighted by molar-refractivity contribution is -0.118. The van der Waals surface area contributed by atoms with E-state index in [4.69, 9.17) is 9.47 Å². The van der Waals surface area contributed by atoms with Crippen LogP contribution in [0.5, 0.6) is 5.88 Å². The summed E-state index contributed by atoms with van der Waals surface area (Å²) in [6.45, 7) is 1.86.